The van der Waals surface area contributed by atoms with Crippen molar-refractivity contribution in [3.63, 3.8) is 0 Å². The molecule has 11 heteroatoms. The molecular weight excluding hydrogens is 671 g/mol. The van der Waals surface area contributed by atoms with Gasteiger partial charge in [0.2, 0.25) is 0 Å². The van der Waals surface area contributed by atoms with E-state index in [0.717, 1.165) is 64.2 Å². The number of aliphatic hydroxyl groups is 2. The first-order valence-corrected chi connectivity index (χ1v) is 21.8. The van der Waals surface area contributed by atoms with Crippen molar-refractivity contribution in [2.45, 2.75) is 193 Å². The van der Waals surface area contributed by atoms with Crippen LogP contribution in [0.1, 0.15) is 181 Å². The van der Waals surface area contributed by atoms with E-state index in [9.17, 15) is 29.3 Å². The van der Waals surface area contributed by atoms with E-state index in [0.29, 0.717) is 12.8 Å². The second kappa shape index (κ2) is 36.8. The molecule has 51 heavy (non-hydrogen) atoms. The number of carbonyl (C=O) groups excluding carboxylic acids is 2. The zero-order valence-corrected chi connectivity index (χ0v) is 33.2. The molecule has 0 aromatic heterocycles. The highest BCUT2D eigenvalue weighted by atomic mass is 31.2. The Kier molecular flexibility index (Phi) is 35.7. The van der Waals surface area contributed by atoms with Gasteiger partial charge in [-0.3, -0.25) is 18.6 Å². The van der Waals surface area contributed by atoms with Gasteiger partial charge < -0.3 is 24.6 Å². The fourth-order valence-corrected chi connectivity index (χ4v) is 6.27. The Bertz CT molecular complexity index is 910. The van der Waals surface area contributed by atoms with Gasteiger partial charge in [0.25, 0.3) is 0 Å². The Balaban J connectivity index is 3.96. The van der Waals surface area contributed by atoms with Crippen molar-refractivity contribution < 1.29 is 47.8 Å². The maximum Gasteiger partial charge on any atom is 0.472 e. The number of ether oxygens (including phenoxy) is 2. The molecule has 0 spiro atoms. The Morgan fingerprint density at radius 3 is 1.27 bits per heavy atom. The number of hydrogen-bond acceptors (Lipinski definition) is 9. The van der Waals surface area contributed by atoms with Crippen LogP contribution >= 0.6 is 7.82 Å². The molecule has 10 nitrogen and oxygen atoms in total. The summed E-state index contributed by atoms with van der Waals surface area (Å²) in [6.07, 6.45) is 34.3. The number of allylic oxidation sites excluding steroid dienone is 4. The van der Waals surface area contributed by atoms with Gasteiger partial charge in [0.15, 0.2) is 0 Å². The number of phosphoric acid groups is 1. The zero-order chi connectivity index (χ0) is 37.7. The van der Waals surface area contributed by atoms with Crippen LogP contribution in [0.25, 0.3) is 0 Å². The van der Waals surface area contributed by atoms with Gasteiger partial charge in [-0.05, 0) is 38.5 Å². The van der Waals surface area contributed by atoms with Gasteiger partial charge in [-0.15, -0.1) is 0 Å². The summed E-state index contributed by atoms with van der Waals surface area (Å²) < 4.78 is 32.5. The van der Waals surface area contributed by atoms with Crippen molar-refractivity contribution in [1.82, 2.24) is 0 Å². The maximum absolute atomic E-state index is 12.3. The summed E-state index contributed by atoms with van der Waals surface area (Å²) in [6.45, 7) is 2.15. The molecule has 0 bridgehead atoms. The third-order valence-corrected chi connectivity index (χ3v) is 9.62. The normalized spacial score (nSPS) is 14.2. The molecule has 0 heterocycles. The highest BCUT2D eigenvalue weighted by Gasteiger charge is 2.27. The van der Waals surface area contributed by atoms with Crippen LogP contribution in [0.3, 0.4) is 0 Å². The lowest BCUT2D eigenvalue weighted by molar-refractivity contribution is -0.153. The number of aliphatic hydroxyl groups excluding tert-OH is 2. The number of esters is 2. The van der Waals surface area contributed by atoms with Gasteiger partial charge in [0.05, 0.1) is 26.4 Å². The second-order valence-corrected chi connectivity index (χ2v) is 15.1. The zero-order valence-electron chi connectivity index (χ0n) is 32.3. The Hall–Kier alpha value is -1.55. The molecule has 300 valence electrons. The largest absolute Gasteiger partial charge is 0.472 e. The van der Waals surface area contributed by atoms with Crippen molar-refractivity contribution >= 4 is 19.8 Å². The van der Waals surface area contributed by atoms with Crippen molar-refractivity contribution in [1.29, 1.82) is 0 Å². The number of unbranched alkanes of at least 4 members (excludes halogenated alkanes) is 20. The fourth-order valence-electron chi connectivity index (χ4n) is 5.48. The van der Waals surface area contributed by atoms with Crippen LogP contribution in [-0.2, 0) is 32.7 Å². The molecule has 0 aliphatic carbocycles. The molecule has 3 atom stereocenters. The van der Waals surface area contributed by atoms with E-state index >= 15 is 0 Å². The summed E-state index contributed by atoms with van der Waals surface area (Å²) in [6, 6.07) is 0. The van der Waals surface area contributed by atoms with Crippen LogP contribution in [0.15, 0.2) is 24.3 Å². The van der Waals surface area contributed by atoms with E-state index in [-0.39, 0.29) is 12.8 Å². The average Bonchev–Trinajstić information content (AvgIpc) is 3.12. The second-order valence-electron chi connectivity index (χ2n) is 13.6. The summed E-state index contributed by atoms with van der Waals surface area (Å²) in [4.78, 5) is 34.4. The Morgan fingerprint density at radius 2 is 0.882 bits per heavy atom. The van der Waals surface area contributed by atoms with Gasteiger partial charge in [0, 0.05) is 12.8 Å². The summed E-state index contributed by atoms with van der Waals surface area (Å²) >= 11 is 0. The summed E-state index contributed by atoms with van der Waals surface area (Å²) in [7, 11) is -4.63. The minimum atomic E-state index is -4.63. The van der Waals surface area contributed by atoms with Crippen molar-refractivity contribution in [2.24, 2.45) is 0 Å². The SMILES string of the molecule is CCCC/C=C\C/C=C\CCCCCCCC(=O)OC(CO)COP(=O)(O)OCC(CO)OC(=O)CCCCCCCCCCCCCCCC. The fraction of sp³-hybridized carbons (Fsp3) is 0.850. The van der Waals surface area contributed by atoms with E-state index in [4.69, 9.17) is 18.5 Å². The highest BCUT2D eigenvalue weighted by molar-refractivity contribution is 7.47. The first-order valence-electron chi connectivity index (χ1n) is 20.3. The quantitative estimate of drug-likeness (QED) is 0.0241. The smallest absolute Gasteiger partial charge is 0.457 e. The van der Waals surface area contributed by atoms with Gasteiger partial charge in [0.1, 0.15) is 12.2 Å². The van der Waals surface area contributed by atoms with Crippen molar-refractivity contribution in [2.75, 3.05) is 26.4 Å². The third-order valence-electron chi connectivity index (χ3n) is 8.67. The predicted octanol–water partition coefficient (Wildman–Crippen LogP) is 10.2. The van der Waals surface area contributed by atoms with Gasteiger partial charge in [-0.1, -0.05) is 154 Å². The maximum atomic E-state index is 12.3. The van der Waals surface area contributed by atoms with Crippen LogP contribution in [-0.4, -0.2) is 65.7 Å². The van der Waals surface area contributed by atoms with Crippen LogP contribution in [0.5, 0.6) is 0 Å². The number of phosphoric ester groups is 1. The molecule has 0 aliphatic rings. The summed E-state index contributed by atoms with van der Waals surface area (Å²) in [5.74, 6) is -1.03. The lowest BCUT2D eigenvalue weighted by Crippen LogP contribution is -2.28. The molecule has 0 rings (SSSR count). The van der Waals surface area contributed by atoms with Crippen molar-refractivity contribution in [3.8, 4) is 0 Å². The van der Waals surface area contributed by atoms with Crippen LogP contribution in [0, 0.1) is 0 Å². The number of carbonyl (C=O) groups is 2. The third kappa shape index (κ3) is 35.3. The lowest BCUT2D eigenvalue weighted by Gasteiger charge is -2.20. The predicted molar refractivity (Wildman–Crippen MR) is 205 cm³/mol. The molecule has 0 aromatic rings. The molecule has 0 radical (unpaired) electrons. The topological polar surface area (TPSA) is 149 Å². The lowest BCUT2D eigenvalue weighted by atomic mass is 10.0. The molecule has 0 aliphatic heterocycles. The molecule has 0 saturated carbocycles. The van der Waals surface area contributed by atoms with E-state index in [2.05, 4.69) is 38.2 Å². The summed E-state index contributed by atoms with van der Waals surface area (Å²) in [5.41, 5.74) is 0. The number of rotatable bonds is 38. The van der Waals surface area contributed by atoms with E-state index < -0.39 is 58.4 Å². The molecule has 0 amide bonds. The molecule has 3 N–H and O–H groups in total. The molecule has 0 saturated heterocycles. The van der Waals surface area contributed by atoms with Crippen LogP contribution in [0.4, 0.5) is 0 Å². The van der Waals surface area contributed by atoms with Crippen LogP contribution in [0.2, 0.25) is 0 Å². The minimum Gasteiger partial charge on any atom is -0.457 e. The standard InChI is InChI=1S/C40H75O10P/c1-3-5-7-9-11-13-15-17-19-21-23-25-27-29-31-39(43)49-37(33-41)35-47-51(45,46)48-36-38(34-42)50-40(44)32-30-28-26-24-22-20-18-16-14-12-10-8-6-4-2/h9,11,15,17,37-38,41-42H,3-8,10,12-14,16,18-36H2,1-2H3,(H,45,46)/b11-9-,17-15-. The molecular formula is C40H75O10P. The molecule has 0 fully saturated rings. The van der Waals surface area contributed by atoms with E-state index in [1.165, 1.54) is 77.0 Å². The molecule has 3 unspecified atom stereocenters. The van der Waals surface area contributed by atoms with Crippen LogP contribution < -0.4 is 0 Å². The van der Waals surface area contributed by atoms with Gasteiger partial charge in [-0.2, -0.15) is 0 Å². The van der Waals surface area contributed by atoms with Crippen molar-refractivity contribution in [3.05, 3.63) is 24.3 Å². The highest BCUT2D eigenvalue weighted by Crippen LogP contribution is 2.43. The van der Waals surface area contributed by atoms with E-state index in [1.54, 1.807) is 0 Å². The first kappa shape index (κ1) is 49.5. The number of hydrogen-bond donors (Lipinski definition) is 3. The average molecular weight is 747 g/mol. The minimum absolute atomic E-state index is 0.178. The first-order chi connectivity index (χ1) is 24.8. The van der Waals surface area contributed by atoms with Gasteiger partial charge >= 0.3 is 19.8 Å². The molecule has 0 aromatic carbocycles. The Labute approximate surface area is 310 Å². The van der Waals surface area contributed by atoms with Gasteiger partial charge in [-0.25, -0.2) is 4.57 Å². The monoisotopic (exact) mass is 747 g/mol. The summed E-state index contributed by atoms with van der Waals surface area (Å²) in [5, 5.41) is 19.1. The Morgan fingerprint density at radius 1 is 0.529 bits per heavy atom. The van der Waals surface area contributed by atoms with E-state index in [1.807, 2.05) is 0 Å².